The SMILES string of the molecule is O=C(CSc1nc2nc[nH]c2c(=O)[nH]1)c1ccc(F)cc1. The number of nitrogens with one attached hydrogen (secondary N) is 2. The van der Waals surface area contributed by atoms with Crippen LogP contribution < -0.4 is 5.56 Å². The van der Waals surface area contributed by atoms with Crippen molar-refractivity contribution in [1.29, 1.82) is 0 Å². The number of ketones is 1. The van der Waals surface area contributed by atoms with Gasteiger partial charge in [-0.05, 0) is 24.3 Å². The van der Waals surface area contributed by atoms with Crippen LogP contribution in [0.5, 0.6) is 0 Å². The van der Waals surface area contributed by atoms with Crippen molar-refractivity contribution >= 4 is 28.7 Å². The molecule has 0 fully saturated rings. The number of nitrogens with zero attached hydrogens (tertiary/aromatic N) is 2. The van der Waals surface area contributed by atoms with Crippen molar-refractivity contribution in [3.63, 3.8) is 0 Å². The Bertz CT molecular complexity index is 856. The Morgan fingerprint density at radius 1 is 1.29 bits per heavy atom. The van der Waals surface area contributed by atoms with E-state index < -0.39 is 5.82 Å². The molecule has 0 aliphatic heterocycles. The van der Waals surface area contributed by atoms with Gasteiger partial charge in [0.15, 0.2) is 22.1 Å². The highest BCUT2D eigenvalue weighted by molar-refractivity contribution is 7.99. The van der Waals surface area contributed by atoms with Gasteiger partial charge in [-0.15, -0.1) is 0 Å². The van der Waals surface area contributed by atoms with Crippen molar-refractivity contribution in [2.45, 2.75) is 5.16 Å². The molecule has 3 rings (SSSR count). The molecular weight excluding hydrogens is 295 g/mol. The van der Waals surface area contributed by atoms with E-state index in [-0.39, 0.29) is 17.1 Å². The number of fused-ring (bicyclic) bond motifs is 1. The molecule has 8 heteroatoms. The highest BCUT2D eigenvalue weighted by atomic mass is 32.2. The summed E-state index contributed by atoms with van der Waals surface area (Å²) in [6.07, 6.45) is 1.38. The zero-order valence-corrected chi connectivity index (χ0v) is 11.4. The molecule has 0 aliphatic carbocycles. The smallest absolute Gasteiger partial charge is 0.277 e. The maximum atomic E-state index is 12.8. The summed E-state index contributed by atoms with van der Waals surface area (Å²) in [4.78, 5) is 36.9. The maximum Gasteiger partial charge on any atom is 0.277 e. The first-order chi connectivity index (χ1) is 10.1. The number of benzene rings is 1. The summed E-state index contributed by atoms with van der Waals surface area (Å²) in [6.45, 7) is 0. The van der Waals surface area contributed by atoms with Gasteiger partial charge in [-0.25, -0.2) is 14.4 Å². The predicted molar refractivity (Wildman–Crippen MR) is 76.0 cm³/mol. The van der Waals surface area contributed by atoms with Gasteiger partial charge in [0.25, 0.3) is 5.56 Å². The molecule has 0 atom stereocenters. The zero-order chi connectivity index (χ0) is 14.8. The van der Waals surface area contributed by atoms with E-state index in [0.29, 0.717) is 21.9 Å². The molecule has 21 heavy (non-hydrogen) atoms. The fourth-order valence-corrected chi connectivity index (χ4v) is 2.49. The summed E-state index contributed by atoms with van der Waals surface area (Å²) in [6, 6.07) is 5.30. The fraction of sp³-hybridized carbons (Fsp3) is 0.0769. The second-order valence-corrected chi connectivity index (χ2v) is 5.16. The summed E-state index contributed by atoms with van der Waals surface area (Å²) in [5.74, 6) is -0.483. The number of carbonyl (C=O) groups is 1. The molecule has 6 nitrogen and oxygen atoms in total. The van der Waals surface area contributed by atoms with Crippen LogP contribution in [0.1, 0.15) is 10.4 Å². The summed E-state index contributed by atoms with van der Waals surface area (Å²) in [7, 11) is 0. The van der Waals surface area contributed by atoms with E-state index >= 15 is 0 Å². The van der Waals surface area contributed by atoms with E-state index in [4.69, 9.17) is 0 Å². The van der Waals surface area contributed by atoms with Crippen molar-refractivity contribution in [2.24, 2.45) is 0 Å². The van der Waals surface area contributed by atoms with Crippen LogP contribution >= 0.6 is 11.8 Å². The number of aromatic amines is 2. The lowest BCUT2D eigenvalue weighted by atomic mass is 10.1. The fourth-order valence-electron chi connectivity index (χ4n) is 1.74. The van der Waals surface area contributed by atoms with Crippen molar-refractivity contribution in [1.82, 2.24) is 19.9 Å². The van der Waals surface area contributed by atoms with E-state index in [0.717, 1.165) is 11.8 Å². The molecule has 0 saturated heterocycles. The van der Waals surface area contributed by atoms with Crippen molar-refractivity contribution in [3.8, 4) is 0 Å². The van der Waals surface area contributed by atoms with Crippen LogP contribution in [-0.4, -0.2) is 31.5 Å². The van der Waals surface area contributed by atoms with Crippen molar-refractivity contribution in [3.05, 3.63) is 52.3 Å². The minimum absolute atomic E-state index is 0.0878. The first kappa shape index (κ1) is 13.5. The number of thioether (sulfide) groups is 1. The van der Waals surface area contributed by atoms with Crippen LogP contribution in [0.2, 0.25) is 0 Å². The molecule has 2 N–H and O–H groups in total. The Morgan fingerprint density at radius 3 is 2.81 bits per heavy atom. The van der Waals surface area contributed by atoms with Crippen LogP contribution in [0.25, 0.3) is 11.2 Å². The van der Waals surface area contributed by atoms with E-state index in [1.165, 1.54) is 30.6 Å². The van der Waals surface area contributed by atoms with Gasteiger partial charge in [0, 0.05) is 5.56 Å². The summed E-state index contributed by atoms with van der Waals surface area (Å²) < 4.78 is 12.8. The molecule has 1 aromatic carbocycles. The normalized spacial score (nSPS) is 10.9. The Labute approximate surface area is 121 Å². The number of hydrogen-bond acceptors (Lipinski definition) is 5. The number of rotatable bonds is 4. The summed E-state index contributed by atoms with van der Waals surface area (Å²) >= 11 is 1.10. The molecule has 0 spiro atoms. The highest BCUT2D eigenvalue weighted by Crippen LogP contribution is 2.15. The third-order valence-corrected chi connectivity index (χ3v) is 3.65. The van der Waals surface area contributed by atoms with Gasteiger partial charge in [0.1, 0.15) is 5.82 Å². The van der Waals surface area contributed by atoms with Gasteiger partial charge in [-0.1, -0.05) is 11.8 Å². The van der Waals surface area contributed by atoms with Crippen LogP contribution in [0.3, 0.4) is 0 Å². The van der Waals surface area contributed by atoms with Gasteiger partial charge >= 0.3 is 0 Å². The third kappa shape index (κ3) is 2.84. The van der Waals surface area contributed by atoms with Crippen LogP contribution in [0.4, 0.5) is 4.39 Å². The number of carbonyl (C=O) groups excluding carboxylic acids is 1. The number of Topliss-reactive ketones (excluding diaryl/α,β-unsaturated/α-hetero) is 1. The van der Waals surface area contributed by atoms with Gasteiger partial charge in [-0.3, -0.25) is 14.6 Å². The Kier molecular flexibility index (Phi) is 3.53. The molecule has 2 heterocycles. The number of hydrogen-bond donors (Lipinski definition) is 2. The Balaban J connectivity index is 1.75. The van der Waals surface area contributed by atoms with Crippen LogP contribution in [0, 0.1) is 5.82 Å². The van der Waals surface area contributed by atoms with E-state index in [2.05, 4.69) is 19.9 Å². The minimum Gasteiger partial charge on any atom is -0.339 e. The number of halogens is 1. The van der Waals surface area contributed by atoms with Crippen molar-refractivity contribution < 1.29 is 9.18 Å². The summed E-state index contributed by atoms with van der Waals surface area (Å²) in [5.41, 5.74) is 0.668. The molecular formula is C13H9FN4O2S. The second kappa shape index (κ2) is 5.49. The maximum absolute atomic E-state index is 12.8. The highest BCUT2D eigenvalue weighted by Gasteiger charge is 2.10. The van der Waals surface area contributed by atoms with Crippen LogP contribution in [0.15, 0.2) is 40.5 Å². The first-order valence-corrected chi connectivity index (χ1v) is 6.97. The van der Waals surface area contributed by atoms with E-state index in [1.54, 1.807) is 0 Å². The lowest BCUT2D eigenvalue weighted by molar-refractivity contribution is 0.102. The summed E-state index contributed by atoms with van der Waals surface area (Å²) in [5, 5.41) is 0.315. The third-order valence-electron chi connectivity index (χ3n) is 2.78. The number of aromatic nitrogens is 4. The quantitative estimate of drug-likeness (QED) is 0.435. The predicted octanol–water partition coefficient (Wildman–Crippen LogP) is 1.76. The van der Waals surface area contributed by atoms with Crippen LogP contribution in [-0.2, 0) is 0 Å². The molecule has 3 aromatic rings. The molecule has 0 aliphatic rings. The Hall–Kier alpha value is -2.48. The van der Waals surface area contributed by atoms with Gasteiger partial charge < -0.3 is 4.98 Å². The standard InChI is InChI=1S/C13H9FN4O2S/c14-8-3-1-7(2-4-8)9(19)5-21-13-17-11-10(12(20)18-13)15-6-16-11/h1-4,6H,5H2,(H2,15,16,17,18,20). The monoisotopic (exact) mass is 304 g/mol. The molecule has 106 valence electrons. The van der Waals surface area contributed by atoms with Gasteiger partial charge in [0.05, 0.1) is 12.1 Å². The molecule has 0 unspecified atom stereocenters. The average molecular weight is 304 g/mol. The van der Waals surface area contributed by atoms with E-state index in [9.17, 15) is 14.0 Å². The second-order valence-electron chi connectivity index (χ2n) is 4.19. The molecule has 2 aromatic heterocycles. The lowest BCUT2D eigenvalue weighted by Crippen LogP contribution is -2.10. The molecule has 0 amide bonds. The largest absolute Gasteiger partial charge is 0.339 e. The topological polar surface area (TPSA) is 91.5 Å². The zero-order valence-electron chi connectivity index (χ0n) is 10.6. The number of H-pyrrole nitrogens is 2. The molecule has 0 radical (unpaired) electrons. The lowest BCUT2D eigenvalue weighted by Gasteiger charge is -2.01. The first-order valence-electron chi connectivity index (χ1n) is 5.98. The molecule has 0 saturated carbocycles. The Morgan fingerprint density at radius 2 is 2.05 bits per heavy atom. The minimum atomic E-state index is -0.394. The van der Waals surface area contributed by atoms with E-state index in [1.807, 2.05) is 0 Å². The molecule has 0 bridgehead atoms. The van der Waals surface area contributed by atoms with Gasteiger partial charge in [0.2, 0.25) is 0 Å². The average Bonchev–Trinajstić information content (AvgIpc) is 2.94. The van der Waals surface area contributed by atoms with Crippen molar-refractivity contribution in [2.75, 3.05) is 5.75 Å². The van der Waals surface area contributed by atoms with Gasteiger partial charge in [-0.2, -0.15) is 0 Å². The number of imidazole rings is 1.